The lowest BCUT2D eigenvalue weighted by Gasteiger charge is -2.21. The van der Waals surface area contributed by atoms with Gasteiger partial charge in [0.05, 0.1) is 5.92 Å². The summed E-state index contributed by atoms with van der Waals surface area (Å²) in [5.74, 6) is -2.52. The highest BCUT2D eigenvalue weighted by Gasteiger charge is 2.20. The van der Waals surface area contributed by atoms with Gasteiger partial charge in [0.15, 0.2) is 0 Å². The molecule has 3 N–H and O–H groups in total. The van der Waals surface area contributed by atoms with Gasteiger partial charge in [-0.25, -0.2) is 0 Å². The van der Waals surface area contributed by atoms with Crippen molar-refractivity contribution in [3.05, 3.63) is 60.2 Å². The van der Waals surface area contributed by atoms with Crippen molar-refractivity contribution in [2.45, 2.75) is 51.5 Å². The SMILES string of the molecule is C[C@H](C[C@@H](Cc1ccc(-c2ccccc2)cc1)NC(=O)CCCCC(=O)O)C(=O)O. The molecule has 0 aliphatic heterocycles. The number of amides is 1. The van der Waals surface area contributed by atoms with Crippen LogP contribution in [-0.4, -0.2) is 34.1 Å². The van der Waals surface area contributed by atoms with Gasteiger partial charge >= 0.3 is 11.9 Å². The van der Waals surface area contributed by atoms with Gasteiger partial charge in [-0.2, -0.15) is 0 Å². The van der Waals surface area contributed by atoms with E-state index in [1.807, 2.05) is 54.6 Å². The Labute approximate surface area is 176 Å². The molecule has 2 aromatic rings. The van der Waals surface area contributed by atoms with Crippen molar-refractivity contribution in [3.63, 3.8) is 0 Å². The largest absolute Gasteiger partial charge is 0.481 e. The number of nitrogens with one attached hydrogen (secondary N) is 1. The molecule has 0 fully saturated rings. The van der Waals surface area contributed by atoms with Crippen molar-refractivity contribution in [2.24, 2.45) is 5.92 Å². The molecule has 0 saturated carbocycles. The third kappa shape index (κ3) is 8.07. The second kappa shape index (κ2) is 11.8. The predicted octanol–water partition coefficient (Wildman–Crippen LogP) is 4.14. The summed E-state index contributed by atoms with van der Waals surface area (Å²) in [6, 6.07) is 17.8. The summed E-state index contributed by atoms with van der Waals surface area (Å²) in [6.07, 6.45) is 2.08. The number of benzene rings is 2. The summed E-state index contributed by atoms with van der Waals surface area (Å²) in [5, 5.41) is 20.9. The van der Waals surface area contributed by atoms with Gasteiger partial charge in [0.25, 0.3) is 0 Å². The summed E-state index contributed by atoms with van der Waals surface area (Å²) in [6.45, 7) is 1.63. The number of aliphatic carboxylic acids is 2. The molecular formula is C24H29NO5. The van der Waals surface area contributed by atoms with Gasteiger partial charge in [0.2, 0.25) is 5.91 Å². The van der Waals surface area contributed by atoms with Crippen molar-refractivity contribution >= 4 is 17.8 Å². The Bertz CT molecular complexity index is 832. The predicted molar refractivity (Wildman–Crippen MR) is 115 cm³/mol. The van der Waals surface area contributed by atoms with Crippen LogP contribution in [0.5, 0.6) is 0 Å². The van der Waals surface area contributed by atoms with Crippen LogP contribution in [0.15, 0.2) is 54.6 Å². The lowest BCUT2D eigenvalue weighted by atomic mass is 9.94. The zero-order valence-electron chi connectivity index (χ0n) is 17.2. The topological polar surface area (TPSA) is 104 Å². The minimum atomic E-state index is -0.893. The van der Waals surface area contributed by atoms with E-state index in [-0.39, 0.29) is 24.8 Å². The van der Waals surface area contributed by atoms with Crippen LogP contribution in [-0.2, 0) is 20.8 Å². The minimum absolute atomic E-state index is 0.0422. The summed E-state index contributed by atoms with van der Waals surface area (Å²) in [4.78, 5) is 34.1. The molecule has 2 aromatic carbocycles. The van der Waals surface area contributed by atoms with E-state index in [0.717, 1.165) is 16.7 Å². The first-order chi connectivity index (χ1) is 14.3. The standard InChI is InChI=1S/C24H29NO5/c1-17(24(29)30)15-21(25-22(26)9-5-6-10-23(27)28)16-18-11-13-20(14-12-18)19-7-3-2-4-8-19/h2-4,7-8,11-14,17,21H,5-6,9-10,15-16H2,1H3,(H,25,26)(H,27,28)(H,29,30)/t17-,21+/m1/s1. The highest BCUT2D eigenvalue weighted by atomic mass is 16.4. The number of carboxylic acid groups (broad SMARTS) is 2. The van der Waals surface area contributed by atoms with Crippen LogP contribution in [0.25, 0.3) is 11.1 Å². The van der Waals surface area contributed by atoms with Crippen LogP contribution < -0.4 is 5.32 Å². The monoisotopic (exact) mass is 411 g/mol. The van der Waals surface area contributed by atoms with E-state index in [1.165, 1.54) is 0 Å². The van der Waals surface area contributed by atoms with E-state index in [0.29, 0.717) is 25.7 Å². The van der Waals surface area contributed by atoms with E-state index >= 15 is 0 Å². The number of hydrogen-bond acceptors (Lipinski definition) is 3. The number of carbonyl (C=O) groups is 3. The van der Waals surface area contributed by atoms with Crippen molar-refractivity contribution in [1.82, 2.24) is 5.32 Å². The van der Waals surface area contributed by atoms with Crippen molar-refractivity contribution in [3.8, 4) is 11.1 Å². The lowest BCUT2D eigenvalue weighted by Crippen LogP contribution is -2.38. The second-order valence-corrected chi connectivity index (χ2v) is 7.61. The van der Waals surface area contributed by atoms with Crippen LogP contribution in [0.1, 0.15) is 44.6 Å². The van der Waals surface area contributed by atoms with E-state index in [9.17, 15) is 19.5 Å². The first kappa shape index (κ1) is 23.1. The van der Waals surface area contributed by atoms with E-state index in [4.69, 9.17) is 5.11 Å². The molecule has 2 atom stereocenters. The minimum Gasteiger partial charge on any atom is -0.481 e. The Balaban J connectivity index is 1.99. The highest BCUT2D eigenvalue weighted by Crippen LogP contribution is 2.20. The number of hydrogen-bond donors (Lipinski definition) is 3. The van der Waals surface area contributed by atoms with Gasteiger partial charge in [0, 0.05) is 18.9 Å². The third-order valence-corrected chi connectivity index (χ3v) is 5.01. The van der Waals surface area contributed by atoms with Gasteiger partial charge in [-0.05, 0) is 42.4 Å². The Morgan fingerprint density at radius 1 is 0.867 bits per heavy atom. The van der Waals surface area contributed by atoms with Crippen LogP contribution in [0, 0.1) is 5.92 Å². The van der Waals surface area contributed by atoms with Crippen molar-refractivity contribution < 1.29 is 24.6 Å². The average Bonchev–Trinajstić information content (AvgIpc) is 2.72. The van der Waals surface area contributed by atoms with E-state index in [2.05, 4.69) is 5.32 Å². The van der Waals surface area contributed by atoms with Gasteiger partial charge in [-0.3, -0.25) is 14.4 Å². The first-order valence-corrected chi connectivity index (χ1v) is 10.2. The maximum atomic E-state index is 12.3. The average molecular weight is 411 g/mol. The molecule has 0 aliphatic rings. The Morgan fingerprint density at radius 3 is 2.07 bits per heavy atom. The molecule has 2 rings (SSSR count). The fourth-order valence-corrected chi connectivity index (χ4v) is 3.33. The van der Waals surface area contributed by atoms with E-state index in [1.54, 1.807) is 6.92 Å². The fourth-order valence-electron chi connectivity index (χ4n) is 3.33. The molecule has 0 spiro atoms. The molecule has 0 heterocycles. The van der Waals surface area contributed by atoms with Gasteiger partial charge in [-0.1, -0.05) is 61.5 Å². The smallest absolute Gasteiger partial charge is 0.306 e. The third-order valence-electron chi connectivity index (χ3n) is 5.01. The number of unbranched alkanes of at least 4 members (excludes halogenated alkanes) is 1. The number of carbonyl (C=O) groups excluding carboxylic acids is 1. The zero-order valence-corrected chi connectivity index (χ0v) is 17.2. The van der Waals surface area contributed by atoms with Crippen LogP contribution in [0.2, 0.25) is 0 Å². The quantitative estimate of drug-likeness (QED) is 0.456. The molecular weight excluding hydrogens is 382 g/mol. The second-order valence-electron chi connectivity index (χ2n) is 7.61. The highest BCUT2D eigenvalue weighted by molar-refractivity contribution is 5.76. The lowest BCUT2D eigenvalue weighted by molar-refractivity contribution is -0.142. The number of rotatable bonds is 12. The summed E-state index contributed by atoms with van der Waals surface area (Å²) in [5.41, 5.74) is 3.23. The molecule has 0 radical (unpaired) electrons. The first-order valence-electron chi connectivity index (χ1n) is 10.2. The molecule has 6 heteroatoms. The molecule has 6 nitrogen and oxygen atoms in total. The Hall–Kier alpha value is -3.15. The number of carboxylic acids is 2. The zero-order chi connectivity index (χ0) is 21.9. The molecule has 0 unspecified atom stereocenters. The normalized spacial score (nSPS) is 12.7. The van der Waals surface area contributed by atoms with Gasteiger partial charge in [0.1, 0.15) is 0 Å². The van der Waals surface area contributed by atoms with Gasteiger partial charge in [-0.15, -0.1) is 0 Å². The van der Waals surface area contributed by atoms with Gasteiger partial charge < -0.3 is 15.5 Å². The van der Waals surface area contributed by atoms with Crippen molar-refractivity contribution in [2.75, 3.05) is 0 Å². The summed E-state index contributed by atoms with van der Waals surface area (Å²) in [7, 11) is 0. The van der Waals surface area contributed by atoms with E-state index < -0.39 is 17.9 Å². The maximum Gasteiger partial charge on any atom is 0.306 e. The summed E-state index contributed by atoms with van der Waals surface area (Å²) >= 11 is 0. The Morgan fingerprint density at radius 2 is 1.47 bits per heavy atom. The Kier molecular flexibility index (Phi) is 9.06. The molecule has 0 saturated heterocycles. The molecule has 30 heavy (non-hydrogen) atoms. The summed E-state index contributed by atoms with van der Waals surface area (Å²) < 4.78 is 0. The van der Waals surface area contributed by atoms with Crippen LogP contribution in [0.3, 0.4) is 0 Å². The molecule has 0 aliphatic carbocycles. The fraction of sp³-hybridized carbons (Fsp3) is 0.375. The van der Waals surface area contributed by atoms with Crippen LogP contribution >= 0.6 is 0 Å². The van der Waals surface area contributed by atoms with Crippen molar-refractivity contribution in [1.29, 1.82) is 0 Å². The molecule has 1 amide bonds. The molecule has 0 aromatic heterocycles. The maximum absolute atomic E-state index is 12.3. The van der Waals surface area contributed by atoms with Crippen LogP contribution in [0.4, 0.5) is 0 Å². The molecule has 0 bridgehead atoms. The molecule has 160 valence electrons.